The molecule has 0 bridgehead atoms. The van der Waals surface area contributed by atoms with Crippen molar-refractivity contribution in [3.05, 3.63) is 44.2 Å². The third-order valence-corrected chi connectivity index (χ3v) is 3.31. The van der Waals surface area contributed by atoms with E-state index in [0.717, 1.165) is 0 Å². The molecular weight excluding hydrogens is 348 g/mol. The molecule has 0 saturated carbocycles. The van der Waals surface area contributed by atoms with E-state index in [1.165, 1.54) is 0 Å². The second-order valence-electron chi connectivity index (χ2n) is 3.06. The van der Waals surface area contributed by atoms with Crippen molar-refractivity contribution in [2.45, 2.75) is 0 Å². The van der Waals surface area contributed by atoms with Crippen molar-refractivity contribution >= 4 is 62.2 Å². The molecule has 3 nitrogen and oxygen atoms in total. The van der Waals surface area contributed by atoms with Gasteiger partial charge in [0.25, 0.3) is 0 Å². The number of nitrogens with zero attached hydrogens (tertiary/aromatic N) is 2. The molecule has 2 rings (SSSR count). The maximum atomic E-state index is 6.03. The maximum Gasteiger partial charge on any atom is 0.224 e. The third kappa shape index (κ3) is 3.01. The average molecular weight is 353 g/mol. The Morgan fingerprint density at radius 3 is 2.41 bits per heavy atom. The van der Waals surface area contributed by atoms with Gasteiger partial charge in [-0.25, -0.2) is 4.98 Å². The van der Waals surface area contributed by atoms with E-state index in [2.05, 4.69) is 31.2 Å². The first-order valence-corrected chi connectivity index (χ1v) is 6.39. The normalized spacial score (nSPS) is 10.4. The summed E-state index contributed by atoms with van der Waals surface area (Å²) in [6, 6.07) is 5.22. The number of hydrogen-bond acceptors (Lipinski definition) is 3. The smallest absolute Gasteiger partial charge is 0.224 e. The van der Waals surface area contributed by atoms with E-state index in [1.54, 1.807) is 24.4 Å². The highest BCUT2D eigenvalue weighted by Crippen LogP contribution is 2.34. The fourth-order valence-electron chi connectivity index (χ4n) is 1.17. The van der Waals surface area contributed by atoms with E-state index >= 15 is 0 Å². The molecule has 0 fully saturated rings. The number of para-hydroxylation sites is 1. The summed E-state index contributed by atoms with van der Waals surface area (Å²) in [4.78, 5) is 7.86. The SMILES string of the molecule is Clc1ncc(Br)c(Nc2c(Cl)cccc2Cl)n1. The van der Waals surface area contributed by atoms with E-state index in [-0.39, 0.29) is 5.28 Å². The largest absolute Gasteiger partial charge is 0.337 e. The van der Waals surface area contributed by atoms with Gasteiger partial charge < -0.3 is 5.32 Å². The molecule has 0 amide bonds. The first kappa shape index (κ1) is 12.9. The van der Waals surface area contributed by atoms with Crippen molar-refractivity contribution in [1.82, 2.24) is 9.97 Å². The predicted octanol–water partition coefficient (Wildman–Crippen LogP) is 4.94. The van der Waals surface area contributed by atoms with E-state index in [4.69, 9.17) is 34.8 Å². The van der Waals surface area contributed by atoms with Gasteiger partial charge in [-0.3, -0.25) is 0 Å². The Hall–Kier alpha value is -0.550. The van der Waals surface area contributed by atoms with Crippen molar-refractivity contribution in [1.29, 1.82) is 0 Å². The van der Waals surface area contributed by atoms with Crippen LogP contribution in [-0.2, 0) is 0 Å². The first-order chi connectivity index (χ1) is 8.08. The van der Waals surface area contributed by atoms with Crippen LogP contribution in [0.4, 0.5) is 11.5 Å². The molecule has 0 unspecified atom stereocenters. The van der Waals surface area contributed by atoms with Crippen LogP contribution in [0.1, 0.15) is 0 Å². The van der Waals surface area contributed by atoms with Gasteiger partial charge in [0, 0.05) is 6.20 Å². The quantitative estimate of drug-likeness (QED) is 0.777. The van der Waals surface area contributed by atoms with Gasteiger partial charge in [-0.1, -0.05) is 29.3 Å². The van der Waals surface area contributed by atoms with Crippen LogP contribution in [0.15, 0.2) is 28.9 Å². The Balaban J connectivity index is 2.41. The van der Waals surface area contributed by atoms with Crippen LogP contribution in [0.25, 0.3) is 0 Å². The lowest BCUT2D eigenvalue weighted by atomic mass is 10.3. The number of nitrogens with one attached hydrogen (secondary N) is 1. The van der Waals surface area contributed by atoms with E-state index < -0.39 is 0 Å². The Morgan fingerprint density at radius 1 is 1.12 bits per heavy atom. The molecular formula is C10H5BrCl3N3. The molecule has 1 N–H and O–H groups in total. The van der Waals surface area contributed by atoms with Crippen LogP contribution in [-0.4, -0.2) is 9.97 Å². The highest BCUT2D eigenvalue weighted by atomic mass is 79.9. The number of aromatic nitrogens is 2. The van der Waals surface area contributed by atoms with Gasteiger partial charge >= 0.3 is 0 Å². The van der Waals surface area contributed by atoms with Crippen LogP contribution in [0.3, 0.4) is 0 Å². The van der Waals surface area contributed by atoms with E-state index in [9.17, 15) is 0 Å². The van der Waals surface area contributed by atoms with Crippen molar-refractivity contribution in [3.8, 4) is 0 Å². The zero-order valence-electron chi connectivity index (χ0n) is 8.22. The predicted molar refractivity (Wildman–Crippen MR) is 74.5 cm³/mol. The van der Waals surface area contributed by atoms with Gasteiger partial charge in [-0.15, -0.1) is 0 Å². The zero-order valence-corrected chi connectivity index (χ0v) is 12.1. The summed E-state index contributed by atoms with van der Waals surface area (Å²) in [5.41, 5.74) is 0.575. The number of anilines is 2. The Morgan fingerprint density at radius 2 is 1.76 bits per heavy atom. The number of rotatable bonds is 2. The second kappa shape index (κ2) is 5.40. The van der Waals surface area contributed by atoms with E-state index in [0.29, 0.717) is 26.0 Å². The molecule has 0 aliphatic heterocycles. The van der Waals surface area contributed by atoms with Crippen LogP contribution < -0.4 is 5.32 Å². The topological polar surface area (TPSA) is 37.8 Å². The number of benzene rings is 1. The van der Waals surface area contributed by atoms with Crippen LogP contribution >= 0.6 is 50.7 Å². The summed E-state index contributed by atoms with van der Waals surface area (Å²) >= 11 is 21.1. The maximum absolute atomic E-state index is 6.03. The average Bonchev–Trinajstić information content (AvgIpc) is 2.28. The van der Waals surface area contributed by atoms with Gasteiger partial charge in [0.1, 0.15) is 5.82 Å². The summed E-state index contributed by atoms with van der Waals surface area (Å²) in [6.07, 6.45) is 1.54. The van der Waals surface area contributed by atoms with Gasteiger partial charge in [-0.2, -0.15) is 4.98 Å². The summed E-state index contributed by atoms with van der Waals surface area (Å²) in [5.74, 6) is 0.500. The highest BCUT2D eigenvalue weighted by Gasteiger charge is 2.09. The van der Waals surface area contributed by atoms with Gasteiger partial charge in [0.2, 0.25) is 5.28 Å². The molecule has 0 aliphatic carbocycles. The van der Waals surface area contributed by atoms with Crippen LogP contribution in [0.2, 0.25) is 15.3 Å². The Bertz CT molecular complexity index is 542. The van der Waals surface area contributed by atoms with Crippen molar-refractivity contribution in [3.63, 3.8) is 0 Å². The molecule has 1 aromatic heterocycles. The number of hydrogen-bond donors (Lipinski definition) is 1. The van der Waals surface area contributed by atoms with Crippen LogP contribution in [0.5, 0.6) is 0 Å². The zero-order chi connectivity index (χ0) is 12.4. The monoisotopic (exact) mass is 351 g/mol. The summed E-state index contributed by atoms with van der Waals surface area (Å²) < 4.78 is 0.665. The Kier molecular flexibility index (Phi) is 4.09. The molecule has 1 heterocycles. The molecule has 1 aromatic carbocycles. The second-order valence-corrected chi connectivity index (χ2v) is 5.06. The summed E-state index contributed by atoms with van der Waals surface area (Å²) in [7, 11) is 0. The molecule has 2 aromatic rings. The van der Waals surface area contributed by atoms with Gasteiger partial charge in [0.05, 0.1) is 20.2 Å². The lowest BCUT2D eigenvalue weighted by Crippen LogP contribution is -1.97. The van der Waals surface area contributed by atoms with Gasteiger partial charge in [0.15, 0.2) is 0 Å². The van der Waals surface area contributed by atoms with Gasteiger partial charge in [-0.05, 0) is 39.7 Å². The molecule has 0 aliphatic rings. The first-order valence-electron chi connectivity index (χ1n) is 4.47. The lowest BCUT2D eigenvalue weighted by molar-refractivity contribution is 1.15. The molecule has 17 heavy (non-hydrogen) atoms. The minimum Gasteiger partial charge on any atom is -0.337 e. The third-order valence-electron chi connectivity index (χ3n) is 1.92. The van der Waals surface area contributed by atoms with Crippen LogP contribution in [0, 0.1) is 0 Å². The Labute approximate surface area is 121 Å². The van der Waals surface area contributed by atoms with Crippen molar-refractivity contribution < 1.29 is 0 Å². The minimum absolute atomic E-state index is 0.138. The molecule has 0 spiro atoms. The van der Waals surface area contributed by atoms with E-state index in [1.807, 2.05) is 0 Å². The summed E-state index contributed by atoms with van der Waals surface area (Å²) in [6.45, 7) is 0. The lowest BCUT2D eigenvalue weighted by Gasteiger charge is -2.10. The van der Waals surface area contributed by atoms with Crippen molar-refractivity contribution in [2.24, 2.45) is 0 Å². The molecule has 7 heteroatoms. The standard InChI is InChI=1S/C10H5BrCl3N3/c11-5-4-15-10(14)17-9(5)16-8-6(12)2-1-3-7(8)13/h1-4H,(H,15,16,17). The number of halogens is 4. The van der Waals surface area contributed by atoms with Crippen molar-refractivity contribution in [2.75, 3.05) is 5.32 Å². The highest BCUT2D eigenvalue weighted by molar-refractivity contribution is 9.10. The molecule has 0 radical (unpaired) electrons. The fourth-order valence-corrected chi connectivity index (χ4v) is 2.08. The molecule has 88 valence electrons. The summed E-state index contributed by atoms with van der Waals surface area (Å²) in [5, 5.41) is 4.14. The molecule has 0 atom stereocenters. The fraction of sp³-hybridized carbons (Fsp3) is 0. The minimum atomic E-state index is 0.138. The molecule has 0 saturated heterocycles.